The minimum atomic E-state index is 0.382. The molecule has 1 N–H and O–H groups in total. The molecule has 0 amide bonds. The van der Waals surface area contributed by atoms with Crippen molar-refractivity contribution < 1.29 is 4.74 Å². The number of hydrogen-bond donors (Lipinski definition) is 1. The van der Waals surface area contributed by atoms with E-state index >= 15 is 0 Å². The lowest BCUT2D eigenvalue weighted by Gasteiger charge is -2.32. The van der Waals surface area contributed by atoms with Crippen LogP contribution < -0.4 is 10.1 Å². The van der Waals surface area contributed by atoms with Crippen LogP contribution in [-0.2, 0) is 6.54 Å². The monoisotopic (exact) mass is 274 g/mol. The molecule has 2 aliphatic carbocycles. The molecular weight excluding hydrogens is 248 g/mol. The van der Waals surface area contributed by atoms with Crippen LogP contribution in [0.15, 0.2) is 18.3 Å². The van der Waals surface area contributed by atoms with Gasteiger partial charge in [0.25, 0.3) is 0 Å². The first kappa shape index (κ1) is 13.9. The molecule has 110 valence electrons. The zero-order valence-corrected chi connectivity index (χ0v) is 12.6. The number of pyridine rings is 1. The maximum absolute atomic E-state index is 6.17. The largest absolute Gasteiger partial charge is 0.490 e. The topological polar surface area (TPSA) is 34.1 Å². The molecule has 1 aromatic rings. The Labute approximate surface area is 122 Å². The van der Waals surface area contributed by atoms with Gasteiger partial charge in [0.2, 0.25) is 0 Å². The number of hydrogen-bond acceptors (Lipinski definition) is 3. The van der Waals surface area contributed by atoms with Crippen molar-refractivity contribution in [1.82, 2.24) is 10.3 Å². The first-order valence-corrected chi connectivity index (χ1v) is 8.05. The van der Waals surface area contributed by atoms with Gasteiger partial charge in [-0.2, -0.15) is 0 Å². The Bertz CT molecular complexity index is 444. The molecule has 0 saturated heterocycles. The van der Waals surface area contributed by atoms with E-state index in [9.17, 15) is 0 Å². The van der Waals surface area contributed by atoms with Crippen LogP contribution in [0.5, 0.6) is 5.75 Å². The highest BCUT2D eigenvalue weighted by Crippen LogP contribution is 2.31. The molecule has 1 aromatic heterocycles. The second-order valence-corrected chi connectivity index (χ2v) is 6.65. The maximum Gasteiger partial charge on any atom is 0.123 e. The van der Waals surface area contributed by atoms with Crippen molar-refractivity contribution in [3.63, 3.8) is 0 Å². The quantitative estimate of drug-likeness (QED) is 0.892. The van der Waals surface area contributed by atoms with E-state index in [1.165, 1.54) is 32.1 Å². The number of nitrogens with one attached hydrogen (secondary N) is 1. The van der Waals surface area contributed by atoms with Gasteiger partial charge in [-0.15, -0.1) is 0 Å². The summed E-state index contributed by atoms with van der Waals surface area (Å²) in [5.41, 5.74) is 1.09. The van der Waals surface area contributed by atoms with Gasteiger partial charge in [-0.25, -0.2) is 0 Å². The zero-order valence-electron chi connectivity index (χ0n) is 12.6. The fourth-order valence-corrected chi connectivity index (χ4v) is 2.96. The zero-order chi connectivity index (χ0) is 13.9. The van der Waals surface area contributed by atoms with Crippen LogP contribution in [0.3, 0.4) is 0 Å². The van der Waals surface area contributed by atoms with E-state index in [0.29, 0.717) is 6.10 Å². The normalized spacial score (nSPS) is 30.2. The van der Waals surface area contributed by atoms with Gasteiger partial charge in [-0.3, -0.25) is 4.98 Å². The van der Waals surface area contributed by atoms with Crippen molar-refractivity contribution in [2.24, 2.45) is 11.8 Å². The molecule has 2 fully saturated rings. The van der Waals surface area contributed by atoms with Crippen LogP contribution in [0, 0.1) is 11.8 Å². The van der Waals surface area contributed by atoms with Crippen molar-refractivity contribution >= 4 is 0 Å². The molecular formula is C17H26N2O. The van der Waals surface area contributed by atoms with Crippen molar-refractivity contribution in [2.75, 3.05) is 0 Å². The molecule has 2 aliphatic rings. The summed E-state index contributed by atoms with van der Waals surface area (Å²) in [7, 11) is 0. The smallest absolute Gasteiger partial charge is 0.123 e. The predicted molar refractivity (Wildman–Crippen MR) is 80.7 cm³/mol. The number of rotatable bonds is 5. The highest BCUT2D eigenvalue weighted by Gasteiger charge is 2.25. The fourth-order valence-electron chi connectivity index (χ4n) is 2.96. The summed E-state index contributed by atoms with van der Waals surface area (Å²) in [6.45, 7) is 5.56. The van der Waals surface area contributed by atoms with E-state index in [1.54, 1.807) is 0 Å². The van der Waals surface area contributed by atoms with Crippen molar-refractivity contribution in [2.45, 2.75) is 64.6 Å². The number of nitrogens with zero attached hydrogens (tertiary/aromatic N) is 1. The van der Waals surface area contributed by atoms with Crippen LogP contribution in [0.4, 0.5) is 0 Å². The molecule has 3 unspecified atom stereocenters. The van der Waals surface area contributed by atoms with Gasteiger partial charge >= 0.3 is 0 Å². The maximum atomic E-state index is 6.17. The Morgan fingerprint density at radius 1 is 1.20 bits per heavy atom. The second kappa shape index (κ2) is 6.13. The summed E-state index contributed by atoms with van der Waals surface area (Å²) in [6.07, 6.45) is 8.53. The minimum Gasteiger partial charge on any atom is -0.490 e. The summed E-state index contributed by atoms with van der Waals surface area (Å²) in [5.74, 6) is 2.59. The molecule has 3 rings (SSSR count). The number of ether oxygens (including phenoxy) is 1. The summed E-state index contributed by atoms with van der Waals surface area (Å²) >= 11 is 0. The second-order valence-electron chi connectivity index (χ2n) is 6.65. The van der Waals surface area contributed by atoms with E-state index in [4.69, 9.17) is 4.74 Å². The molecule has 0 bridgehead atoms. The average molecular weight is 274 g/mol. The Hall–Kier alpha value is -1.09. The lowest BCUT2D eigenvalue weighted by atomic mass is 9.80. The molecule has 1 heterocycles. The Morgan fingerprint density at radius 3 is 2.80 bits per heavy atom. The fraction of sp³-hybridized carbons (Fsp3) is 0.706. The van der Waals surface area contributed by atoms with Gasteiger partial charge in [-0.05, 0) is 50.0 Å². The van der Waals surface area contributed by atoms with Crippen molar-refractivity contribution in [3.8, 4) is 5.75 Å². The van der Waals surface area contributed by atoms with Crippen molar-refractivity contribution in [3.05, 3.63) is 24.0 Å². The summed E-state index contributed by atoms with van der Waals surface area (Å²) in [6, 6.07) is 4.81. The molecule has 0 spiro atoms. The molecule has 0 aliphatic heterocycles. The highest BCUT2D eigenvalue weighted by molar-refractivity contribution is 5.23. The highest BCUT2D eigenvalue weighted by atomic mass is 16.5. The third-order valence-corrected chi connectivity index (χ3v) is 4.79. The Balaban J connectivity index is 1.54. The molecule has 20 heavy (non-hydrogen) atoms. The van der Waals surface area contributed by atoms with E-state index in [1.807, 2.05) is 12.3 Å². The Kier molecular flexibility index (Phi) is 4.25. The van der Waals surface area contributed by atoms with Crippen LogP contribution in [-0.4, -0.2) is 17.1 Å². The summed E-state index contributed by atoms with van der Waals surface area (Å²) in [4.78, 5) is 4.42. The van der Waals surface area contributed by atoms with Crippen molar-refractivity contribution in [1.29, 1.82) is 0 Å². The molecule has 0 aromatic carbocycles. The molecule has 3 atom stereocenters. The van der Waals surface area contributed by atoms with Gasteiger partial charge in [0.1, 0.15) is 5.75 Å². The molecule has 3 nitrogen and oxygen atoms in total. The van der Waals surface area contributed by atoms with Gasteiger partial charge < -0.3 is 10.1 Å². The Morgan fingerprint density at radius 2 is 2.05 bits per heavy atom. The first-order valence-electron chi connectivity index (χ1n) is 8.05. The van der Waals surface area contributed by atoms with Crippen LogP contribution >= 0.6 is 0 Å². The third kappa shape index (κ3) is 3.72. The summed E-state index contributed by atoms with van der Waals surface area (Å²) in [5, 5.41) is 3.50. The van der Waals surface area contributed by atoms with Crippen LogP contribution in [0.1, 0.15) is 51.6 Å². The lowest BCUT2D eigenvalue weighted by molar-refractivity contribution is 0.100. The standard InChI is InChI=1S/C17H26N2O/c1-12-3-6-16(9-13(12)2)20-17-7-8-18-15(10-17)11-19-14-4-5-14/h7-8,10,12-14,16,19H,3-6,9,11H2,1-2H3. The molecule has 3 heteroatoms. The van der Waals surface area contributed by atoms with Crippen LogP contribution in [0.25, 0.3) is 0 Å². The van der Waals surface area contributed by atoms with Crippen LogP contribution in [0.2, 0.25) is 0 Å². The number of aromatic nitrogens is 1. The molecule has 2 saturated carbocycles. The van der Waals surface area contributed by atoms with Gasteiger partial charge in [0.05, 0.1) is 11.8 Å². The lowest BCUT2D eigenvalue weighted by Crippen LogP contribution is -2.28. The van der Waals surface area contributed by atoms with E-state index in [0.717, 1.165) is 35.9 Å². The third-order valence-electron chi connectivity index (χ3n) is 4.79. The average Bonchev–Trinajstić information content (AvgIpc) is 3.25. The van der Waals surface area contributed by atoms with E-state index < -0.39 is 0 Å². The van der Waals surface area contributed by atoms with Gasteiger partial charge in [0, 0.05) is 24.8 Å². The predicted octanol–water partition coefficient (Wildman–Crippen LogP) is 3.54. The van der Waals surface area contributed by atoms with Gasteiger partial charge in [-0.1, -0.05) is 13.8 Å². The minimum absolute atomic E-state index is 0.382. The van der Waals surface area contributed by atoms with E-state index in [-0.39, 0.29) is 0 Å². The SMILES string of the molecule is CC1CCC(Oc2ccnc(CNC3CC3)c2)CC1C. The van der Waals surface area contributed by atoms with Gasteiger partial charge in [0.15, 0.2) is 0 Å². The molecule has 0 radical (unpaired) electrons. The summed E-state index contributed by atoms with van der Waals surface area (Å²) < 4.78 is 6.17. The van der Waals surface area contributed by atoms with E-state index in [2.05, 4.69) is 30.2 Å². The first-order chi connectivity index (χ1) is 9.70.